The van der Waals surface area contributed by atoms with E-state index in [4.69, 9.17) is 11.1 Å². The number of nitrogens with one attached hydrogen (secondary N) is 1. The summed E-state index contributed by atoms with van der Waals surface area (Å²) in [5.41, 5.74) is 7.54. The molecule has 2 rings (SSSR count). The largest absolute Gasteiger partial charge is 0.573 e. The van der Waals surface area contributed by atoms with Gasteiger partial charge in [0.05, 0.1) is 5.55 Å². The molecule has 1 aliphatic heterocycles. The van der Waals surface area contributed by atoms with Crippen LogP contribution in [0.2, 0.25) is 0 Å². The summed E-state index contributed by atoms with van der Waals surface area (Å²) in [4.78, 5) is 0. The maximum absolute atomic E-state index is 12.0. The number of benzene rings is 1. The third kappa shape index (κ3) is 3.31. The van der Waals surface area contributed by atoms with Crippen molar-refractivity contribution in [2.45, 2.75) is 11.7 Å². The lowest BCUT2D eigenvalue weighted by Crippen LogP contribution is -2.31. The molecule has 19 heavy (non-hydrogen) atoms. The molecule has 0 spiro atoms. The lowest BCUT2D eigenvalue weighted by atomic mass is 10.2. The number of alkyl halides is 3. The Morgan fingerprint density at radius 2 is 2.00 bits per heavy atom. The van der Waals surface area contributed by atoms with Gasteiger partial charge in [0.15, 0.2) is 0 Å². The highest BCUT2D eigenvalue weighted by atomic mass is 32.2. The van der Waals surface area contributed by atoms with Crippen molar-refractivity contribution in [3.63, 3.8) is 0 Å². The number of hydrogen-bond acceptors (Lipinski definition) is 4. The summed E-state index contributed by atoms with van der Waals surface area (Å²) in [6.07, 6.45) is -4.71. The Bertz CT molecular complexity index is 502. The average molecular weight is 290 g/mol. The Morgan fingerprint density at radius 1 is 1.37 bits per heavy atom. The third-order valence-corrected chi connectivity index (χ3v) is 3.17. The number of nitrogens with two attached hydrogens (primary N) is 1. The smallest absolute Gasteiger partial charge is 0.406 e. The Labute approximate surface area is 110 Å². The summed E-state index contributed by atoms with van der Waals surface area (Å²) in [7, 11) is 0. The molecule has 1 aromatic rings. The standard InChI is InChI=1S/C10H9F3N4OS/c11-10(12,13)18-7-3-1-6(2-4-7)8-17(9(14)15)16-5-19-8/h1-5,8H,(H3,14,15). The minimum absolute atomic E-state index is 0.234. The summed E-state index contributed by atoms with van der Waals surface area (Å²) in [6.45, 7) is 0. The van der Waals surface area contributed by atoms with E-state index in [0.717, 1.165) is 0 Å². The average Bonchev–Trinajstić information content (AvgIpc) is 2.76. The molecule has 0 saturated heterocycles. The SMILES string of the molecule is N=C(N)N1N=CSC1c1ccc(OC(F)(F)F)cc1. The van der Waals surface area contributed by atoms with Crippen LogP contribution >= 0.6 is 11.8 Å². The van der Waals surface area contributed by atoms with Gasteiger partial charge in [0.1, 0.15) is 11.1 Å². The molecule has 9 heteroatoms. The van der Waals surface area contributed by atoms with E-state index >= 15 is 0 Å². The number of hydrazone groups is 1. The number of rotatable bonds is 2. The van der Waals surface area contributed by atoms with Gasteiger partial charge in [0.2, 0.25) is 5.96 Å². The fraction of sp³-hybridized carbons (Fsp3) is 0.200. The first-order chi connectivity index (χ1) is 8.87. The summed E-state index contributed by atoms with van der Waals surface area (Å²) in [5, 5.41) is 12.1. The molecule has 0 aliphatic carbocycles. The van der Waals surface area contributed by atoms with Gasteiger partial charge < -0.3 is 10.5 Å². The fourth-order valence-corrected chi connectivity index (χ4v) is 2.37. The highest BCUT2D eigenvalue weighted by Crippen LogP contribution is 2.36. The van der Waals surface area contributed by atoms with Crippen molar-refractivity contribution in [3.05, 3.63) is 29.8 Å². The van der Waals surface area contributed by atoms with E-state index in [-0.39, 0.29) is 17.1 Å². The van der Waals surface area contributed by atoms with Gasteiger partial charge in [-0.1, -0.05) is 23.9 Å². The van der Waals surface area contributed by atoms with E-state index in [1.54, 1.807) is 0 Å². The van der Waals surface area contributed by atoms with E-state index < -0.39 is 6.36 Å². The van der Waals surface area contributed by atoms with Crippen LogP contribution in [0.5, 0.6) is 5.75 Å². The quantitative estimate of drug-likeness (QED) is 0.648. The molecule has 0 aromatic heterocycles. The molecule has 1 aliphatic rings. The van der Waals surface area contributed by atoms with Gasteiger partial charge in [-0.25, -0.2) is 5.01 Å². The van der Waals surface area contributed by atoms with Crippen LogP contribution in [0.1, 0.15) is 10.9 Å². The van der Waals surface area contributed by atoms with Crippen molar-refractivity contribution < 1.29 is 17.9 Å². The van der Waals surface area contributed by atoms with Crippen LogP contribution in [0, 0.1) is 5.41 Å². The second-order valence-electron chi connectivity index (χ2n) is 3.56. The highest BCUT2D eigenvalue weighted by molar-refractivity contribution is 8.12. The maximum atomic E-state index is 12.0. The zero-order valence-electron chi connectivity index (χ0n) is 9.39. The first-order valence-electron chi connectivity index (χ1n) is 5.04. The topological polar surface area (TPSA) is 74.7 Å². The lowest BCUT2D eigenvalue weighted by Gasteiger charge is -2.21. The van der Waals surface area contributed by atoms with Crippen LogP contribution < -0.4 is 10.5 Å². The first-order valence-corrected chi connectivity index (χ1v) is 5.98. The Hall–Kier alpha value is -1.90. The van der Waals surface area contributed by atoms with E-state index in [2.05, 4.69) is 9.84 Å². The minimum atomic E-state index is -4.71. The maximum Gasteiger partial charge on any atom is 0.573 e. The van der Waals surface area contributed by atoms with Crippen molar-refractivity contribution in [1.82, 2.24) is 5.01 Å². The predicted octanol–water partition coefficient (Wildman–Crippen LogP) is 2.47. The monoisotopic (exact) mass is 290 g/mol. The molecular weight excluding hydrogens is 281 g/mol. The summed E-state index contributed by atoms with van der Waals surface area (Å²) in [5.74, 6) is -0.531. The molecule has 1 unspecified atom stereocenters. The molecule has 1 aromatic carbocycles. The van der Waals surface area contributed by atoms with Crippen LogP contribution in [0.15, 0.2) is 29.4 Å². The van der Waals surface area contributed by atoms with Gasteiger partial charge in [-0.15, -0.1) is 13.2 Å². The molecule has 0 radical (unpaired) electrons. The van der Waals surface area contributed by atoms with Crippen molar-refractivity contribution in [2.75, 3.05) is 0 Å². The molecule has 1 heterocycles. The Morgan fingerprint density at radius 3 is 2.53 bits per heavy atom. The lowest BCUT2D eigenvalue weighted by molar-refractivity contribution is -0.274. The van der Waals surface area contributed by atoms with Gasteiger partial charge in [-0.3, -0.25) is 5.41 Å². The third-order valence-electron chi connectivity index (χ3n) is 2.23. The summed E-state index contributed by atoms with van der Waals surface area (Å²) >= 11 is 1.30. The molecule has 102 valence electrons. The molecule has 0 bridgehead atoms. The van der Waals surface area contributed by atoms with Gasteiger partial charge in [0, 0.05) is 0 Å². The van der Waals surface area contributed by atoms with Gasteiger partial charge in [-0.05, 0) is 17.7 Å². The van der Waals surface area contributed by atoms with Crippen molar-refractivity contribution in [3.8, 4) is 5.75 Å². The molecule has 0 saturated carbocycles. The second kappa shape index (κ2) is 5.00. The summed E-state index contributed by atoms with van der Waals surface area (Å²) < 4.78 is 39.8. The Kier molecular flexibility index (Phi) is 3.56. The molecule has 0 fully saturated rings. The number of guanidine groups is 1. The Balaban J connectivity index is 2.13. The van der Waals surface area contributed by atoms with Crippen molar-refractivity contribution >= 4 is 23.3 Å². The highest BCUT2D eigenvalue weighted by Gasteiger charge is 2.31. The molecule has 5 nitrogen and oxygen atoms in total. The number of hydrogen-bond donors (Lipinski definition) is 2. The van der Waals surface area contributed by atoms with Gasteiger partial charge >= 0.3 is 6.36 Å². The van der Waals surface area contributed by atoms with E-state index in [0.29, 0.717) is 5.56 Å². The van der Waals surface area contributed by atoms with Gasteiger partial charge in [-0.2, -0.15) is 5.10 Å². The van der Waals surface area contributed by atoms with Crippen LogP contribution in [0.3, 0.4) is 0 Å². The molecular formula is C10H9F3N4OS. The van der Waals surface area contributed by atoms with E-state index in [9.17, 15) is 13.2 Å². The number of nitrogens with zero attached hydrogens (tertiary/aromatic N) is 2. The summed E-state index contributed by atoms with van der Waals surface area (Å²) in [6, 6.07) is 5.37. The second-order valence-corrected chi connectivity index (χ2v) is 4.49. The predicted molar refractivity (Wildman–Crippen MR) is 65.7 cm³/mol. The van der Waals surface area contributed by atoms with Crippen LogP contribution in [-0.4, -0.2) is 22.9 Å². The molecule has 3 N–H and O–H groups in total. The number of ether oxygens (including phenoxy) is 1. The van der Waals surface area contributed by atoms with Crippen molar-refractivity contribution in [2.24, 2.45) is 10.8 Å². The van der Waals surface area contributed by atoms with Crippen LogP contribution in [-0.2, 0) is 0 Å². The van der Waals surface area contributed by atoms with Crippen molar-refractivity contribution in [1.29, 1.82) is 5.41 Å². The first kappa shape index (κ1) is 13.5. The van der Waals surface area contributed by atoms with Crippen LogP contribution in [0.4, 0.5) is 13.2 Å². The zero-order chi connectivity index (χ0) is 14.0. The molecule has 1 atom stereocenters. The molecule has 0 amide bonds. The van der Waals surface area contributed by atoms with Crippen LogP contribution in [0.25, 0.3) is 0 Å². The number of thioether (sulfide) groups is 1. The zero-order valence-corrected chi connectivity index (χ0v) is 10.2. The normalized spacial score (nSPS) is 18.7. The van der Waals surface area contributed by atoms with E-state index in [1.807, 2.05) is 0 Å². The van der Waals surface area contributed by atoms with Gasteiger partial charge in [0.25, 0.3) is 0 Å². The fourth-order valence-electron chi connectivity index (χ4n) is 1.50. The van der Waals surface area contributed by atoms with E-state index in [1.165, 1.54) is 46.6 Å². The number of halogens is 3. The minimum Gasteiger partial charge on any atom is -0.406 e.